The first-order valence-corrected chi connectivity index (χ1v) is 2.69. The highest BCUT2D eigenvalue weighted by molar-refractivity contribution is 5.02. The molecule has 1 rings (SSSR count). The number of hydrogen-bond donors (Lipinski definition) is 0. The Bertz CT molecular complexity index is 251. The van der Waals surface area contributed by atoms with Crippen LogP contribution in [0, 0.1) is 0 Å². The highest BCUT2D eigenvalue weighted by Crippen LogP contribution is 2.43. The predicted octanol–water partition coefficient (Wildman–Crippen LogP) is 2.33. The average molecular weight is 187 g/mol. The van der Waals surface area contributed by atoms with Crippen LogP contribution in [0.4, 0.5) is 22.0 Å². The second kappa shape index (κ2) is 2.43. The molecule has 0 amide bonds. The molecule has 0 N–H and O–H groups in total. The van der Waals surface area contributed by atoms with Crippen LogP contribution in [-0.2, 0) is 5.92 Å². The molecule has 0 spiro atoms. The van der Waals surface area contributed by atoms with Crippen LogP contribution in [0.25, 0.3) is 0 Å². The van der Waals surface area contributed by atoms with Gasteiger partial charge in [-0.1, -0.05) is 0 Å². The molecule has 0 aliphatic rings. The largest absolute Gasteiger partial charge is 0.461 e. The van der Waals surface area contributed by atoms with Crippen LogP contribution in [-0.4, -0.2) is 11.2 Å². The van der Waals surface area contributed by atoms with Crippen LogP contribution in [0.2, 0.25) is 0 Å². The average Bonchev–Trinajstić information content (AvgIpc) is 2.34. The maximum atomic E-state index is 12.2. The Morgan fingerprint density at radius 2 is 1.75 bits per heavy atom. The van der Waals surface area contributed by atoms with Gasteiger partial charge >= 0.3 is 12.1 Å². The summed E-state index contributed by atoms with van der Waals surface area (Å²) in [6, 6.07) is 0. The standard InChI is InChI=1S/C5H2F5NO/c6-4(7,5(8,9)10)3-1-11-2-12-3/h1-2H. The van der Waals surface area contributed by atoms with Gasteiger partial charge in [-0.05, 0) is 0 Å². The molecule has 0 fully saturated rings. The summed E-state index contributed by atoms with van der Waals surface area (Å²) in [5.41, 5.74) is 0. The summed E-state index contributed by atoms with van der Waals surface area (Å²) in [5.74, 6) is -6.47. The van der Waals surface area contributed by atoms with E-state index < -0.39 is 17.9 Å². The number of oxazole rings is 1. The fourth-order valence-corrected chi connectivity index (χ4v) is 0.511. The molecule has 0 aliphatic carbocycles. The molecule has 0 aromatic carbocycles. The zero-order valence-electron chi connectivity index (χ0n) is 5.40. The zero-order valence-corrected chi connectivity index (χ0v) is 5.40. The summed E-state index contributed by atoms with van der Waals surface area (Å²) < 4.78 is 63.0. The van der Waals surface area contributed by atoms with Crippen LogP contribution in [0.15, 0.2) is 17.0 Å². The third-order valence-corrected chi connectivity index (χ3v) is 1.10. The molecule has 0 aliphatic heterocycles. The fourth-order valence-electron chi connectivity index (χ4n) is 0.511. The van der Waals surface area contributed by atoms with Gasteiger partial charge in [0.05, 0.1) is 6.20 Å². The third-order valence-electron chi connectivity index (χ3n) is 1.10. The fraction of sp³-hybridized carbons (Fsp3) is 0.400. The highest BCUT2D eigenvalue weighted by Gasteiger charge is 2.61. The van der Waals surface area contributed by atoms with E-state index in [0.29, 0.717) is 12.6 Å². The van der Waals surface area contributed by atoms with Crippen molar-refractivity contribution in [1.29, 1.82) is 0 Å². The van der Waals surface area contributed by atoms with Crippen molar-refractivity contribution in [3.63, 3.8) is 0 Å². The van der Waals surface area contributed by atoms with Gasteiger partial charge in [-0.15, -0.1) is 0 Å². The summed E-state index contributed by atoms with van der Waals surface area (Å²) >= 11 is 0. The smallest absolute Gasteiger partial charge is 0.442 e. The summed E-state index contributed by atoms with van der Waals surface area (Å²) in [6.07, 6.45) is -4.81. The molecule has 7 heteroatoms. The topological polar surface area (TPSA) is 26.0 Å². The zero-order chi connectivity index (χ0) is 9.41. The number of alkyl halides is 5. The van der Waals surface area contributed by atoms with Gasteiger partial charge < -0.3 is 4.42 Å². The van der Waals surface area contributed by atoms with Gasteiger partial charge in [-0.3, -0.25) is 0 Å². The number of aromatic nitrogens is 1. The van der Waals surface area contributed by atoms with Crippen molar-refractivity contribution in [2.75, 3.05) is 0 Å². The van der Waals surface area contributed by atoms with E-state index in [1.165, 1.54) is 0 Å². The lowest BCUT2D eigenvalue weighted by atomic mass is 10.3. The third kappa shape index (κ3) is 1.26. The van der Waals surface area contributed by atoms with Gasteiger partial charge in [-0.25, -0.2) is 4.98 Å². The van der Waals surface area contributed by atoms with Crippen molar-refractivity contribution in [2.24, 2.45) is 0 Å². The molecule has 0 saturated carbocycles. The van der Waals surface area contributed by atoms with E-state index >= 15 is 0 Å². The number of nitrogens with zero attached hydrogens (tertiary/aromatic N) is 1. The van der Waals surface area contributed by atoms with Gasteiger partial charge in [-0.2, -0.15) is 22.0 Å². The Hall–Kier alpha value is -1.14. The van der Waals surface area contributed by atoms with Crippen LogP contribution < -0.4 is 0 Å². The molecule has 0 unspecified atom stereocenters. The summed E-state index contributed by atoms with van der Waals surface area (Å²) in [4.78, 5) is 2.96. The molecule has 1 heterocycles. The molecular weight excluding hydrogens is 185 g/mol. The van der Waals surface area contributed by atoms with Crippen LogP contribution in [0.5, 0.6) is 0 Å². The molecule has 12 heavy (non-hydrogen) atoms. The van der Waals surface area contributed by atoms with E-state index in [9.17, 15) is 22.0 Å². The second-order valence-corrected chi connectivity index (χ2v) is 1.94. The maximum absolute atomic E-state index is 12.2. The van der Waals surface area contributed by atoms with Crippen LogP contribution in [0.3, 0.4) is 0 Å². The van der Waals surface area contributed by atoms with Crippen molar-refractivity contribution in [1.82, 2.24) is 4.98 Å². The monoisotopic (exact) mass is 187 g/mol. The lowest BCUT2D eigenvalue weighted by Gasteiger charge is -2.15. The van der Waals surface area contributed by atoms with Gasteiger partial charge in [0.2, 0.25) is 5.76 Å². The Balaban J connectivity index is 3.02. The second-order valence-electron chi connectivity index (χ2n) is 1.94. The van der Waals surface area contributed by atoms with E-state index in [2.05, 4.69) is 9.40 Å². The molecule has 0 atom stereocenters. The summed E-state index contributed by atoms with van der Waals surface area (Å²) in [7, 11) is 0. The van der Waals surface area contributed by atoms with Crippen LogP contribution >= 0.6 is 0 Å². The predicted molar refractivity (Wildman–Crippen MR) is 26.5 cm³/mol. The first-order chi connectivity index (χ1) is 5.36. The molecule has 1 aromatic heterocycles. The van der Waals surface area contributed by atoms with E-state index in [1.807, 2.05) is 0 Å². The van der Waals surface area contributed by atoms with E-state index in [0.717, 1.165) is 0 Å². The highest BCUT2D eigenvalue weighted by atomic mass is 19.4. The van der Waals surface area contributed by atoms with Crippen LogP contribution in [0.1, 0.15) is 5.76 Å². The molecule has 68 valence electrons. The van der Waals surface area contributed by atoms with Gasteiger partial charge in [0.1, 0.15) is 0 Å². The number of hydrogen-bond acceptors (Lipinski definition) is 2. The minimum absolute atomic E-state index is 0.327. The van der Waals surface area contributed by atoms with Crippen molar-refractivity contribution in [3.05, 3.63) is 18.4 Å². The minimum atomic E-state index is -5.65. The molecule has 1 aromatic rings. The Morgan fingerprint density at radius 1 is 1.17 bits per heavy atom. The molecule has 0 bridgehead atoms. The maximum Gasteiger partial charge on any atom is 0.461 e. The van der Waals surface area contributed by atoms with E-state index in [-0.39, 0.29) is 0 Å². The molecule has 2 nitrogen and oxygen atoms in total. The lowest BCUT2D eigenvalue weighted by Crippen LogP contribution is -2.33. The van der Waals surface area contributed by atoms with Crippen molar-refractivity contribution >= 4 is 0 Å². The normalized spacial score (nSPS) is 13.4. The van der Waals surface area contributed by atoms with Crippen molar-refractivity contribution < 1.29 is 26.4 Å². The lowest BCUT2D eigenvalue weighted by molar-refractivity contribution is -0.295. The summed E-state index contributed by atoms with van der Waals surface area (Å²) in [6.45, 7) is 0. The quantitative estimate of drug-likeness (QED) is 0.630. The SMILES string of the molecule is FC(F)(F)C(F)(F)c1cnco1. The minimum Gasteiger partial charge on any atom is -0.442 e. The Kier molecular flexibility index (Phi) is 1.81. The van der Waals surface area contributed by atoms with Gasteiger partial charge in [0.15, 0.2) is 6.39 Å². The molecule has 0 saturated heterocycles. The van der Waals surface area contributed by atoms with Gasteiger partial charge in [0, 0.05) is 0 Å². The van der Waals surface area contributed by atoms with E-state index in [1.54, 1.807) is 0 Å². The summed E-state index contributed by atoms with van der Waals surface area (Å²) in [5, 5.41) is 0. The van der Waals surface area contributed by atoms with Gasteiger partial charge in [0.25, 0.3) is 0 Å². The molecular formula is C5H2F5NO. The molecule has 0 radical (unpaired) electrons. The Labute approximate surface area is 63.0 Å². The first-order valence-electron chi connectivity index (χ1n) is 2.69. The number of halogens is 5. The first kappa shape index (κ1) is 8.95. The Morgan fingerprint density at radius 3 is 2.08 bits per heavy atom. The van der Waals surface area contributed by atoms with Crippen molar-refractivity contribution in [2.45, 2.75) is 12.1 Å². The van der Waals surface area contributed by atoms with E-state index in [4.69, 9.17) is 0 Å². The number of rotatable bonds is 1. The van der Waals surface area contributed by atoms with Crippen molar-refractivity contribution in [3.8, 4) is 0 Å².